The summed E-state index contributed by atoms with van der Waals surface area (Å²) >= 11 is 0. The van der Waals surface area contributed by atoms with E-state index in [2.05, 4.69) is 31.0 Å². The van der Waals surface area contributed by atoms with Crippen molar-refractivity contribution in [1.29, 1.82) is 0 Å². The molecule has 0 radical (unpaired) electrons. The fourth-order valence-corrected chi connectivity index (χ4v) is 5.38. The highest BCUT2D eigenvalue weighted by molar-refractivity contribution is 7.89. The molecule has 0 saturated carbocycles. The number of benzene rings is 1. The van der Waals surface area contributed by atoms with E-state index in [4.69, 9.17) is 0 Å². The van der Waals surface area contributed by atoms with Crippen LogP contribution in [0.15, 0.2) is 23.1 Å². The van der Waals surface area contributed by atoms with Gasteiger partial charge in [0.15, 0.2) is 0 Å². The van der Waals surface area contributed by atoms with E-state index in [1.807, 2.05) is 12.1 Å². The summed E-state index contributed by atoms with van der Waals surface area (Å²) in [4.78, 5) is 2.85. The molecular weight excluding hydrogens is 334 g/mol. The van der Waals surface area contributed by atoms with Crippen LogP contribution in [-0.2, 0) is 16.4 Å². The standard InChI is InChI=1S/C19H31N3O2S/c1-4-21(5-2)14-17-12-16-13-18(6-7-19(16)20-17)25(23,24)22-10-8-15(3)9-11-22/h6-7,13,15,17,20H,4-5,8-12,14H2,1-3H3. The highest BCUT2D eigenvalue weighted by Gasteiger charge is 2.30. The lowest BCUT2D eigenvalue weighted by Gasteiger charge is -2.29. The Morgan fingerprint density at radius 2 is 1.88 bits per heavy atom. The minimum Gasteiger partial charge on any atom is -0.380 e. The first-order valence-corrected chi connectivity index (χ1v) is 11.0. The third-order valence-corrected chi connectivity index (χ3v) is 7.55. The Labute approximate surface area is 152 Å². The van der Waals surface area contributed by atoms with Gasteiger partial charge in [-0.1, -0.05) is 20.8 Å². The van der Waals surface area contributed by atoms with Crippen LogP contribution >= 0.6 is 0 Å². The van der Waals surface area contributed by atoms with Crippen molar-refractivity contribution in [3.8, 4) is 0 Å². The Kier molecular flexibility index (Phi) is 5.71. The van der Waals surface area contributed by atoms with E-state index < -0.39 is 10.0 Å². The van der Waals surface area contributed by atoms with Crippen LogP contribution in [-0.4, -0.2) is 56.4 Å². The molecule has 1 aromatic carbocycles. The summed E-state index contributed by atoms with van der Waals surface area (Å²) in [6, 6.07) is 5.96. The molecule has 1 aromatic rings. The lowest BCUT2D eigenvalue weighted by atomic mass is 10.0. The quantitative estimate of drug-likeness (QED) is 0.842. The number of likely N-dealkylation sites (N-methyl/N-ethyl adjacent to an activating group) is 1. The lowest BCUT2D eigenvalue weighted by Crippen LogP contribution is -2.37. The molecule has 0 bridgehead atoms. The highest BCUT2D eigenvalue weighted by atomic mass is 32.2. The van der Waals surface area contributed by atoms with E-state index in [1.165, 1.54) is 0 Å². The molecule has 2 aliphatic rings. The molecule has 0 aliphatic carbocycles. The van der Waals surface area contributed by atoms with Crippen LogP contribution in [0.5, 0.6) is 0 Å². The molecule has 6 heteroatoms. The smallest absolute Gasteiger partial charge is 0.243 e. The fraction of sp³-hybridized carbons (Fsp3) is 0.684. The second kappa shape index (κ2) is 7.64. The molecule has 25 heavy (non-hydrogen) atoms. The molecule has 2 heterocycles. The molecule has 0 amide bonds. The van der Waals surface area contributed by atoms with E-state index in [9.17, 15) is 8.42 Å². The first kappa shape index (κ1) is 18.7. The predicted molar refractivity (Wildman–Crippen MR) is 103 cm³/mol. The third kappa shape index (κ3) is 4.01. The maximum atomic E-state index is 12.9. The van der Waals surface area contributed by atoms with Gasteiger partial charge in [-0.25, -0.2) is 8.42 Å². The summed E-state index contributed by atoms with van der Waals surface area (Å²) in [5.41, 5.74) is 2.21. The molecule has 1 fully saturated rings. The summed E-state index contributed by atoms with van der Waals surface area (Å²) < 4.78 is 27.5. The highest BCUT2D eigenvalue weighted by Crippen LogP contribution is 2.31. The number of piperidine rings is 1. The molecule has 1 saturated heterocycles. The molecule has 0 aromatic heterocycles. The molecule has 5 nitrogen and oxygen atoms in total. The first-order valence-electron chi connectivity index (χ1n) is 9.56. The van der Waals surface area contributed by atoms with Crippen molar-refractivity contribution < 1.29 is 8.42 Å². The predicted octanol–water partition coefficient (Wildman–Crippen LogP) is 2.79. The number of hydrogen-bond donors (Lipinski definition) is 1. The number of anilines is 1. The van der Waals surface area contributed by atoms with E-state index >= 15 is 0 Å². The third-order valence-electron chi connectivity index (χ3n) is 5.66. The van der Waals surface area contributed by atoms with E-state index in [0.29, 0.717) is 29.9 Å². The van der Waals surface area contributed by atoms with Crippen molar-refractivity contribution in [3.05, 3.63) is 23.8 Å². The molecule has 2 aliphatic heterocycles. The molecule has 3 rings (SSSR count). The average molecular weight is 366 g/mol. The number of sulfonamides is 1. The van der Waals surface area contributed by atoms with E-state index in [-0.39, 0.29) is 0 Å². The summed E-state index contributed by atoms with van der Waals surface area (Å²) in [6.07, 6.45) is 2.81. The van der Waals surface area contributed by atoms with Crippen LogP contribution < -0.4 is 5.32 Å². The maximum Gasteiger partial charge on any atom is 0.243 e. The molecule has 1 atom stereocenters. The van der Waals surface area contributed by atoms with Crippen molar-refractivity contribution in [3.63, 3.8) is 0 Å². The summed E-state index contributed by atoms with van der Waals surface area (Å²) in [6.45, 7) is 10.9. The van der Waals surface area contributed by atoms with Gasteiger partial charge in [0.1, 0.15) is 0 Å². The van der Waals surface area contributed by atoms with Gasteiger partial charge in [-0.3, -0.25) is 0 Å². The van der Waals surface area contributed by atoms with Crippen LogP contribution in [0.1, 0.15) is 39.2 Å². The van der Waals surface area contributed by atoms with Crippen LogP contribution in [0.2, 0.25) is 0 Å². The SMILES string of the molecule is CCN(CC)CC1Cc2cc(S(=O)(=O)N3CCC(C)CC3)ccc2N1. The number of rotatable bonds is 6. The van der Waals surface area contributed by atoms with Gasteiger partial charge in [0.05, 0.1) is 4.90 Å². The topological polar surface area (TPSA) is 52.7 Å². The minimum atomic E-state index is -3.36. The molecule has 0 spiro atoms. The van der Waals surface area contributed by atoms with Gasteiger partial charge in [-0.2, -0.15) is 4.31 Å². The van der Waals surface area contributed by atoms with Gasteiger partial charge in [-0.15, -0.1) is 0 Å². The van der Waals surface area contributed by atoms with Crippen molar-refractivity contribution in [1.82, 2.24) is 9.21 Å². The van der Waals surface area contributed by atoms with E-state index in [1.54, 1.807) is 10.4 Å². The number of nitrogens with zero attached hydrogens (tertiary/aromatic N) is 2. The van der Waals surface area contributed by atoms with Crippen LogP contribution in [0.25, 0.3) is 0 Å². The zero-order valence-electron chi connectivity index (χ0n) is 15.7. The minimum absolute atomic E-state index is 0.365. The van der Waals surface area contributed by atoms with Crippen molar-refractivity contribution >= 4 is 15.7 Å². The van der Waals surface area contributed by atoms with Crippen molar-refractivity contribution in [2.75, 3.05) is 38.0 Å². The van der Waals surface area contributed by atoms with Gasteiger partial charge in [0.25, 0.3) is 0 Å². The first-order chi connectivity index (χ1) is 11.9. The molecule has 140 valence electrons. The second-order valence-corrected chi connectivity index (χ2v) is 9.37. The van der Waals surface area contributed by atoms with Crippen molar-refractivity contribution in [2.24, 2.45) is 5.92 Å². The Morgan fingerprint density at radius 1 is 1.20 bits per heavy atom. The largest absolute Gasteiger partial charge is 0.380 e. The average Bonchev–Trinajstić information content (AvgIpc) is 3.01. The van der Waals surface area contributed by atoms with Gasteiger partial charge in [0.2, 0.25) is 10.0 Å². The zero-order valence-corrected chi connectivity index (χ0v) is 16.5. The summed E-state index contributed by atoms with van der Waals surface area (Å²) in [7, 11) is -3.36. The van der Waals surface area contributed by atoms with Crippen LogP contribution in [0.4, 0.5) is 5.69 Å². The summed E-state index contributed by atoms with van der Waals surface area (Å²) in [5.74, 6) is 0.622. The Balaban J connectivity index is 1.73. The van der Waals surface area contributed by atoms with Crippen LogP contribution in [0.3, 0.4) is 0 Å². The Hall–Kier alpha value is -1.11. The molecule has 1 N–H and O–H groups in total. The normalized spacial score (nSPS) is 22.2. The maximum absolute atomic E-state index is 12.9. The van der Waals surface area contributed by atoms with Gasteiger partial charge >= 0.3 is 0 Å². The molecule has 1 unspecified atom stereocenters. The lowest BCUT2D eigenvalue weighted by molar-refractivity contribution is 0.288. The zero-order chi connectivity index (χ0) is 18.0. The monoisotopic (exact) mass is 365 g/mol. The van der Waals surface area contributed by atoms with Gasteiger partial charge in [0, 0.05) is 31.4 Å². The van der Waals surface area contributed by atoms with Gasteiger partial charge < -0.3 is 10.2 Å². The Morgan fingerprint density at radius 3 is 2.52 bits per heavy atom. The van der Waals surface area contributed by atoms with E-state index in [0.717, 1.165) is 50.1 Å². The van der Waals surface area contributed by atoms with Gasteiger partial charge in [-0.05, 0) is 62.0 Å². The van der Waals surface area contributed by atoms with Crippen molar-refractivity contribution in [2.45, 2.75) is 51.0 Å². The second-order valence-electron chi connectivity index (χ2n) is 7.44. The van der Waals surface area contributed by atoms with Crippen LogP contribution in [0, 0.1) is 5.92 Å². The number of hydrogen-bond acceptors (Lipinski definition) is 4. The number of nitrogens with one attached hydrogen (secondary N) is 1. The Bertz CT molecular complexity index is 693. The number of fused-ring (bicyclic) bond motifs is 1. The summed E-state index contributed by atoms with van der Waals surface area (Å²) in [5, 5.41) is 3.55. The fourth-order valence-electron chi connectivity index (χ4n) is 3.85. The molecular formula is C19H31N3O2S.